The van der Waals surface area contributed by atoms with Gasteiger partial charge in [-0.1, -0.05) is 0 Å². The Bertz CT molecular complexity index is 334. The van der Waals surface area contributed by atoms with Gasteiger partial charge in [-0.3, -0.25) is 9.59 Å². The van der Waals surface area contributed by atoms with Crippen LogP contribution in [-0.2, 0) is 9.59 Å². The second kappa shape index (κ2) is 6.37. The molecule has 2 saturated carbocycles. The van der Waals surface area contributed by atoms with E-state index in [4.69, 9.17) is 5.11 Å². The van der Waals surface area contributed by atoms with Gasteiger partial charge < -0.3 is 15.3 Å². The van der Waals surface area contributed by atoms with Crippen molar-refractivity contribution in [3.05, 3.63) is 0 Å². The fourth-order valence-corrected chi connectivity index (χ4v) is 2.90. The molecule has 2 fully saturated rings. The van der Waals surface area contributed by atoms with Crippen molar-refractivity contribution in [1.82, 2.24) is 10.2 Å². The Kier molecular flexibility index (Phi) is 4.80. The van der Waals surface area contributed by atoms with Crippen LogP contribution >= 0.6 is 0 Å². The minimum Gasteiger partial charge on any atom is -0.481 e. The first kappa shape index (κ1) is 14.3. The zero-order chi connectivity index (χ0) is 13.8. The summed E-state index contributed by atoms with van der Waals surface area (Å²) in [5.74, 6) is -0.682. The van der Waals surface area contributed by atoms with Gasteiger partial charge in [-0.15, -0.1) is 0 Å². The SMILES string of the molecule is CCN(C(=O)CNC1CCC(C(=O)O)CC1)C1CC1. The molecule has 2 aliphatic rings. The van der Waals surface area contributed by atoms with Gasteiger partial charge in [-0.05, 0) is 45.4 Å². The molecule has 2 N–H and O–H groups in total. The molecule has 1 amide bonds. The highest BCUT2D eigenvalue weighted by molar-refractivity contribution is 5.79. The first-order valence-electron chi connectivity index (χ1n) is 7.37. The molecule has 0 unspecified atom stereocenters. The summed E-state index contributed by atoms with van der Waals surface area (Å²) in [5.41, 5.74) is 0. The Morgan fingerprint density at radius 3 is 2.26 bits per heavy atom. The van der Waals surface area contributed by atoms with E-state index >= 15 is 0 Å². The summed E-state index contributed by atoms with van der Waals surface area (Å²) < 4.78 is 0. The van der Waals surface area contributed by atoms with Gasteiger partial charge in [0.2, 0.25) is 5.91 Å². The van der Waals surface area contributed by atoms with E-state index in [0.717, 1.165) is 45.1 Å². The fourth-order valence-electron chi connectivity index (χ4n) is 2.90. The number of amides is 1. The van der Waals surface area contributed by atoms with E-state index in [1.165, 1.54) is 0 Å². The number of rotatable bonds is 6. The average Bonchev–Trinajstić information content (AvgIpc) is 3.22. The average molecular weight is 268 g/mol. The van der Waals surface area contributed by atoms with Crippen LogP contribution in [0.5, 0.6) is 0 Å². The molecule has 108 valence electrons. The van der Waals surface area contributed by atoms with Crippen LogP contribution in [0.1, 0.15) is 45.4 Å². The highest BCUT2D eigenvalue weighted by Crippen LogP contribution is 2.27. The molecular weight excluding hydrogens is 244 g/mol. The molecule has 0 aliphatic heterocycles. The van der Waals surface area contributed by atoms with Crippen LogP contribution < -0.4 is 5.32 Å². The minimum atomic E-state index is -0.680. The lowest BCUT2D eigenvalue weighted by atomic mass is 9.86. The number of aliphatic carboxylic acids is 1. The second-order valence-electron chi connectivity index (χ2n) is 5.68. The summed E-state index contributed by atoms with van der Waals surface area (Å²) >= 11 is 0. The molecule has 5 nitrogen and oxygen atoms in total. The Hall–Kier alpha value is -1.10. The van der Waals surface area contributed by atoms with Gasteiger partial charge in [-0.2, -0.15) is 0 Å². The zero-order valence-corrected chi connectivity index (χ0v) is 11.6. The van der Waals surface area contributed by atoms with Crippen molar-refractivity contribution in [2.75, 3.05) is 13.1 Å². The molecule has 0 saturated heterocycles. The van der Waals surface area contributed by atoms with Gasteiger partial charge in [0.15, 0.2) is 0 Å². The molecule has 0 bridgehead atoms. The molecule has 0 aromatic carbocycles. The second-order valence-corrected chi connectivity index (χ2v) is 5.68. The van der Waals surface area contributed by atoms with Crippen LogP contribution in [0.25, 0.3) is 0 Å². The first-order valence-corrected chi connectivity index (χ1v) is 7.37. The smallest absolute Gasteiger partial charge is 0.306 e. The van der Waals surface area contributed by atoms with E-state index in [1.807, 2.05) is 11.8 Å². The van der Waals surface area contributed by atoms with Crippen LogP contribution in [0.3, 0.4) is 0 Å². The van der Waals surface area contributed by atoms with Crippen molar-refractivity contribution >= 4 is 11.9 Å². The maximum atomic E-state index is 12.0. The molecule has 0 aromatic heterocycles. The molecule has 0 atom stereocenters. The molecule has 0 radical (unpaired) electrons. The van der Waals surface area contributed by atoms with Crippen molar-refractivity contribution in [3.63, 3.8) is 0 Å². The summed E-state index contributed by atoms with van der Waals surface area (Å²) in [6, 6.07) is 0.777. The Labute approximate surface area is 114 Å². The lowest BCUT2D eigenvalue weighted by Gasteiger charge is -2.28. The number of nitrogens with one attached hydrogen (secondary N) is 1. The largest absolute Gasteiger partial charge is 0.481 e. The Morgan fingerprint density at radius 1 is 1.16 bits per heavy atom. The monoisotopic (exact) mass is 268 g/mol. The Morgan fingerprint density at radius 2 is 1.79 bits per heavy atom. The molecule has 2 aliphatic carbocycles. The molecule has 0 heterocycles. The Balaban J connectivity index is 1.68. The van der Waals surface area contributed by atoms with E-state index in [1.54, 1.807) is 0 Å². The molecule has 2 rings (SSSR count). The number of likely N-dealkylation sites (N-methyl/N-ethyl adjacent to an activating group) is 1. The predicted molar refractivity (Wildman–Crippen MR) is 71.8 cm³/mol. The van der Waals surface area contributed by atoms with Crippen molar-refractivity contribution in [2.24, 2.45) is 5.92 Å². The fraction of sp³-hybridized carbons (Fsp3) is 0.857. The highest BCUT2D eigenvalue weighted by Gasteiger charge is 2.31. The van der Waals surface area contributed by atoms with Crippen LogP contribution in [0.2, 0.25) is 0 Å². The number of carboxylic acids is 1. The molecule has 19 heavy (non-hydrogen) atoms. The highest BCUT2D eigenvalue weighted by atomic mass is 16.4. The third-order valence-corrected chi connectivity index (χ3v) is 4.27. The summed E-state index contributed by atoms with van der Waals surface area (Å²) in [4.78, 5) is 24.9. The van der Waals surface area contributed by atoms with E-state index < -0.39 is 5.97 Å². The van der Waals surface area contributed by atoms with Crippen LogP contribution in [0.4, 0.5) is 0 Å². The summed E-state index contributed by atoms with van der Waals surface area (Å²) in [7, 11) is 0. The third kappa shape index (κ3) is 3.93. The lowest BCUT2D eigenvalue weighted by molar-refractivity contribution is -0.143. The molecule has 5 heteroatoms. The van der Waals surface area contributed by atoms with Crippen LogP contribution in [0, 0.1) is 5.92 Å². The number of hydrogen-bond acceptors (Lipinski definition) is 3. The zero-order valence-electron chi connectivity index (χ0n) is 11.6. The molecular formula is C14H24N2O3. The van der Waals surface area contributed by atoms with Crippen molar-refractivity contribution in [3.8, 4) is 0 Å². The quantitative estimate of drug-likeness (QED) is 0.760. The normalized spacial score (nSPS) is 27.0. The predicted octanol–water partition coefficient (Wildman–Crippen LogP) is 1.23. The first-order chi connectivity index (χ1) is 9.11. The lowest BCUT2D eigenvalue weighted by Crippen LogP contribution is -2.44. The van der Waals surface area contributed by atoms with Crippen molar-refractivity contribution in [2.45, 2.75) is 57.5 Å². The van der Waals surface area contributed by atoms with E-state index in [2.05, 4.69) is 5.32 Å². The van der Waals surface area contributed by atoms with Gasteiger partial charge in [0.05, 0.1) is 12.5 Å². The summed E-state index contributed by atoms with van der Waals surface area (Å²) in [5, 5.41) is 12.2. The summed E-state index contributed by atoms with van der Waals surface area (Å²) in [6.45, 7) is 3.21. The topological polar surface area (TPSA) is 69.6 Å². The van der Waals surface area contributed by atoms with Gasteiger partial charge in [0.25, 0.3) is 0 Å². The number of hydrogen-bond donors (Lipinski definition) is 2. The number of carbonyl (C=O) groups excluding carboxylic acids is 1. The molecule has 0 spiro atoms. The number of nitrogens with zero attached hydrogens (tertiary/aromatic N) is 1. The van der Waals surface area contributed by atoms with Gasteiger partial charge >= 0.3 is 5.97 Å². The number of carbonyl (C=O) groups is 2. The maximum Gasteiger partial charge on any atom is 0.306 e. The summed E-state index contributed by atoms with van der Waals surface area (Å²) in [6.07, 6.45) is 5.45. The molecule has 0 aromatic rings. The van der Waals surface area contributed by atoms with Crippen molar-refractivity contribution in [1.29, 1.82) is 0 Å². The minimum absolute atomic E-state index is 0.186. The van der Waals surface area contributed by atoms with Gasteiger partial charge in [-0.25, -0.2) is 0 Å². The van der Waals surface area contributed by atoms with Gasteiger partial charge in [0.1, 0.15) is 0 Å². The third-order valence-electron chi connectivity index (χ3n) is 4.27. The van der Waals surface area contributed by atoms with Crippen LogP contribution in [-0.4, -0.2) is 47.1 Å². The number of carboxylic acid groups (broad SMARTS) is 1. The van der Waals surface area contributed by atoms with E-state index in [0.29, 0.717) is 18.6 Å². The standard InChI is InChI=1S/C14H24N2O3/c1-2-16(12-7-8-12)13(17)9-15-11-5-3-10(4-6-11)14(18)19/h10-12,15H,2-9H2,1H3,(H,18,19). The maximum absolute atomic E-state index is 12.0. The van der Waals surface area contributed by atoms with Crippen LogP contribution in [0.15, 0.2) is 0 Å². The van der Waals surface area contributed by atoms with Gasteiger partial charge in [0, 0.05) is 18.6 Å². The van der Waals surface area contributed by atoms with E-state index in [-0.39, 0.29) is 11.8 Å². The van der Waals surface area contributed by atoms with Crippen molar-refractivity contribution < 1.29 is 14.7 Å². The van der Waals surface area contributed by atoms with E-state index in [9.17, 15) is 9.59 Å².